The van der Waals surface area contributed by atoms with E-state index in [2.05, 4.69) is 10.0 Å². The highest BCUT2D eigenvalue weighted by molar-refractivity contribution is 8.00. The standard InChI is InChI=1S/C19H23ClN2O4S2/c1-12(2)22-28(24,25)16-9-10-18(26-4)17(11-16)21-19(23)13(3)27-15-7-5-14(20)6-8-15/h5-13,22H,1-4H3,(H,21,23)/t13-/m0/s1. The Morgan fingerprint density at radius 2 is 1.75 bits per heavy atom. The molecule has 0 fully saturated rings. The van der Waals surface area contributed by atoms with Crippen LogP contribution in [0.2, 0.25) is 5.02 Å². The summed E-state index contributed by atoms with van der Waals surface area (Å²) in [6.07, 6.45) is 0. The molecule has 6 nitrogen and oxygen atoms in total. The monoisotopic (exact) mass is 442 g/mol. The van der Waals surface area contributed by atoms with E-state index in [9.17, 15) is 13.2 Å². The van der Waals surface area contributed by atoms with Crippen molar-refractivity contribution in [1.29, 1.82) is 0 Å². The Balaban J connectivity index is 2.20. The van der Waals surface area contributed by atoms with Crippen molar-refractivity contribution in [3.05, 3.63) is 47.5 Å². The lowest BCUT2D eigenvalue weighted by molar-refractivity contribution is -0.115. The maximum Gasteiger partial charge on any atom is 0.240 e. The van der Waals surface area contributed by atoms with Gasteiger partial charge >= 0.3 is 0 Å². The van der Waals surface area contributed by atoms with Crippen molar-refractivity contribution in [2.45, 2.75) is 41.9 Å². The predicted octanol–water partition coefficient (Wildman–Crippen LogP) is 4.15. The molecule has 1 atom stereocenters. The molecule has 0 aliphatic heterocycles. The number of carbonyl (C=O) groups is 1. The molecule has 2 rings (SSSR count). The third kappa shape index (κ3) is 6.13. The van der Waals surface area contributed by atoms with Gasteiger partial charge < -0.3 is 10.1 Å². The maximum absolute atomic E-state index is 12.6. The highest BCUT2D eigenvalue weighted by atomic mass is 35.5. The second kappa shape index (κ2) is 9.65. The largest absolute Gasteiger partial charge is 0.495 e. The van der Waals surface area contributed by atoms with Gasteiger partial charge in [0.2, 0.25) is 15.9 Å². The van der Waals surface area contributed by atoms with Gasteiger partial charge in [-0.05, 0) is 63.2 Å². The van der Waals surface area contributed by atoms with Crippen LogP contribution in [0, 0.1) is 0 Å². The van der Waals surface area contributed by atoms with Crippen LogP contribution in [0.25, 0.3) is 0 Å². The molecule has 0 aliphatic rings. The number of hydrogen-bond donors (Lipinski definition) is 2. The summed E-state index contributed by atoms with van der Waals surface area (Å²) >= 11 is 7.25. The zero-order valence-corrected chi connectivity index (χ0v) is 18.4. The van der Waals surface area contributed by atoms with Gasteiger partial charge in [0, 0.05) is 16.0 Å². The van der Waals surface area contributed by atoms with Gasteiger partial charge in [-0.1, -0.05) is 11.6 Å². The Morgan fingerprint density at radius 3 is 2.32 bits per heavy atom. The van der Waals surface area contributed by atoms with Gasteiger partial charge in [-0.25, -0.2) is 13.1 Å². The Morgan fingerprint density at radius 1 is 1.11 bits per heavy atom. The summed E-state index contributed by atoms with van der Waals surface area (Å²) in [5.74, 6) is 0.102. The Labute approximate surface area is 175 Å². The van der Waals surface area contributed by atoms with Gasteiger partial charge in [0.15, 0.2) is 0 Å². The summed E-state index contributed by atoms with van der Waals surface area (Å²) < 4.78 is 32.6. The molecule has 0 radical (unpaired) electrons. The number of carbonyl (C=O) groups excluding carboxylic acids is 1. The van der Waals surface area contributed by atoms with Crippen LogP contribution in [0.5, 0.6) is 5.75 Å². The summed E-state index contributed by atoms with van der Waals surface area (Å²) in [7, 11) is -2.23. The highest BCUT2D eigenvalue weighted by Crippen LogP contribution is 2.30. The van der Waals surface area contributed by atoms with Crippen LogP contribution in [-0.4, -0.2) is 32.7 Å². The average molecular weight is 443 g/mol. The number of benzene rings is 2. The van der Waals surface area contributed by atoms with E-state index in [0.29, 0.717) is 16.5 Å². The molecule has 2 N–H and O–H groups in total. The van der Waals surface area contributed by atoms with Crippen LogP contribution in [0.4, 0.5) is 5.69 Å². The summed E-state index contributed by atoms with van der Waals surface area (Å²) in [4.78, 5) is 13.6. The average Bonchev–Trinajstić information content (AvgIpc) is 2.62. The van der Waals surface area contributed by atoms with Crippen molar-refractivity contribution in [3.8, 4) is 5.75 Å². The molecule has 0 aliphatic carbocycles. The number of rotatable bonds is 8. The minimum atomic E-state index is -3.69. The molecule has 152 valence electrons. The quantitative estimate of drug-likeness (QED) is 0.600. The number of anilines is 1. The van der Waals surface area contributed by atoms with Crippen molar-refractivity contribution in [2.24, 2.45) is 0 Å². The number of thioether (sulfide) groups is 1. The highest BCUT2D eigenvalue weighted by Gasteiger charge is 2.20. The molecule has 0 saturated heterocycles. The lowest BCUT2D eigenvalue weighted by atomic mass is 10.3. The fourth-order valence-corrected chi connectivity index (χ4v) is 4.61. The number of sulfonamides is 1. The van der Waals surface area contributed by atoms with Crippen LogP contribution in [0.1, 0.15) is 20.8 Å². The molecule has 28 heavy (non-hydrogen) atoms. The van der Waals surface area contributed by atoms with Crippen molar-refractivity contribution in [1.82, 2.24) is 4.72 Å². The minimum Gasteiger partial charge on any atom is -0.495 e. The van der Waals surface area contributed by atoms with E-state index in [-0.39, 0.29) is 16.8 Å². The number of ether oxygens (including phenoxy) is 1. The van der Waals surface area contributed by atoms with E-state index in [1.165, 1.54) is 37.1 Å². The number of halogens is 1. The molecule has 0 saturated carbocycles. The van der Waals surface area contributed by atoms with Gasteiger partial charge in [-0.3, -0.25) is 4.79 Å². The predicted molar refractivity (Wildman–Crippen MR) is 114 cm³/mol. The van der Waals surface area contributed by atoms with E-state index >= 15 is 0 Å². The number of nitrogens with one attached hydrogen (secondary N) is 2. The van der Waals surface area contributed by atoms with E-state index in [0.717, 1.165) is 4.90 Å². The minimum absolute atomic E-state index is 0.0512. The van der Waals surface area contributed by atoms with Crippen LogP contribution in [0.15, 0.2) is 52.3 Å². The first-order valence-electron chi connectivity index (χ1n) is 8.56. The smallest absolute Gasteiger partial charge is 0.240 e. The zero-order chi connectivity index (χ0) is 20.9. The van der Waals surface area contributed by atoms with Crippen molar-refractivity contribution in [3.63, 3.8) is 0 Å². The molecule has 0 unspecified atom stereocenters. The summed E-state index contributed by atoms with van der Waals surface area (Å²) in [6.45, 7) is 5.24. The lowest BCUT2D eigenvalue weighted by Gasteiger charge is -2.16. The van der Waals surface area contributed by atoms with E-state index in [4.69, 9.17) is 16.3 Å². The number of amides is 1. The van der Waals surface area contributed by atoms with Gasteiger partial charge in [0.05, 0.1) is 22.9 Å². The summed E-state index contributed by atoms with van der Waals surface area (Å²) in [6, 6.07) is 11.3. The van der Waals surface area contributed by atoms with Crippen LogP contribution >= 0.6 is 23.4 Å². The molecule has 0 bridgehead atoms. The van der Waals surface area contributed by atoms with E-state index < -0.39 is 15.3 Å². The van der Waals surface area contributed by atoms with Gasteiger partial charge in [0.1, 0.15) is 5.75 Å². The number of hydrogen-bond acceptors (Lipinski definition) is 5. The molecule has 0 aromatic heterocycles. The molecule has 0 heterocycles. The van der Waals surface area contributed by atoms with Crippen molar-refractivity contribution in [2.75, 3.05) is 12.4 Å². The molecule has 1 amide bonds. The van der Waals surface area contributed by atoms with E-state index in [1.54, 1.807) is 32.9 Å². The third-order valence-corrected chi connectivity index (χ3v) is 6.65. The van der Waals surface area contributed by atoms with Gasteiger partial charge in [-0.2, -0.15) is 0 Å². The first-order chi connectivity index (χ1) is 13.1. The van der Waals surface area contributed by atoms with Crippen LogP contribution < -0.4 is 14.8 Å². The first kappa shape index (κ1) is 22.5. The van der Waals surface area contributed by atoms with E-state index in [1.807, 2.05) is 12.1 Å². The normalized spacial score (nSPS) is 12.6. The fourth-order valence-electron chi connectivity index (χ4n) is 2.34. The second-order valence-electron chi connectivity index (χ2n) is 6.34. The van der Waals surface area contributed by atoms with Gasteiger partial charge in [-0.15, -0.1) is 11.8 Å². The molecule has 0 spiro atoms. The third-order valence-electron chi connectivity index (χ3n) is 3.63. The SMILES string of the molecule is COc1ccc(S(=O)(=O)NC(C)C)cc1NC(=O)[C@H](C)Sc1ccc(Cl)cc1. The van der Waals surface area contributed by atoms with Crippen LogP contribution in [0.3, 0.4) is 0 Å². The maximum atomic E-state index is 12.6. The fraction of sp³-hybridized carbons (Fsp3) is 0.316. The Hall–Kier alpha value is -1.74. The molecular formula is C19H23ClN2O4S2. The summed E-state index contributed by atoms with van der Waals surface area (Å²) in [5, 5.41) is 2.96. The van der Waals surface area contributed by atoms with Crippen molar-refractivity contribution < 1.29 is 17.9 Å². The zero-order valence-electron chi connectivity index (χ0n) is 16.0. The second-order valence-corrected chi connectivity index (χ2v) is 9.91. The molecule has 2 aromatic carbocycles. The molecule has 2 aromatic rings. The van der Waals surface area contributed by atoms with Crippen molar-refractivity contribution >= 4 is 45.0 Å². The van der Waals surface area contributed by atoms with Gasteiger partial charge in [0.25, 0.3) is 0 Å². The molecule has 9 heteroatoms. The lowest BCUT2D eigenvalue weighted by Crippen LogP contribution is -2.30. The molecular weight excluding hydrogens is 420 g/mol. The van der Waals surface area contributed by atoms with Crippen LogP contribution in [-0.2, 0) is 14.8 Å². The first-order valence-corrected chi connectivity index (χ1v) is 11.3. The Kier molecular flexibility index (Phi) is 7.77. The number of methoxy groups -OCH3 is 1. The summed E-state index contributed by atoms with van der Waals surface area (Å²) in [5.41, 5.74) is 0.294. The topological polar surface area (TPSA) is 84.5 Å². The Bertz CT molecular complexity index is 931.